The number of hydrogen-bond donors (Lipinski definition) is 1. The van der Waals surface area contributed by atoms with Crippen molar-refractivity contribution < 1.29 is 13.2 Å². The molecule has 1 aliphatic heterocycles. The van der Waals surface area contributed by atoms with E-state index in [-0.39, 0.29) is 5.41 Å². The maximum absolute atomic E-state index is 12.4. The van der Waals surface area contributed by atoms with Gasteiger partial charge in [0.1, 0.15) is 0 Å². The second-order valence-electron chi connectivity index (χ2n) is 5.51. The Hall–Kier alpha value is -1.21. The van der Waals surface area contributed by atoms with Gasteiger partial charge in [-0.25, -0.2) is 13.1 Å². The normalized spacial score (nSPS) is 18.2. The fraction of sp³-hybridized carbons (Fsp3) is 0.375. The lowest BCUT2D eigenvalue weighted by atomic mass is 9.79. The van der Waals surface area contributed by atoms with Crippen LogP contribution in [0.15, 0.2) is 52.7 Å². The molecule has 1 aromatic heterocycles. The molecule has 1 N–H and O–H groups in total. The lowest BCUT2D eigenvalue weighted by molar-refractivity contribution is 0.0529. The minimum absolute atomic E-state index is 0.158. The maximum Gasteiger partial charge on any atom is 0.240 e. The van der Waals surface area contributed by atoms with Gasteiger partial charge in [-0.15, -0.1) is 11.3 Å². The third kappa shape index (κ3) is 3.25. The van der Waals surface area contributed by atoms with Crippen LogP contribution in [0.3, 0.4) is 0 Å². The van der Waals surface area contributed by atoms with Gasteiger partial charge < -0.3 is 4.74 Å². The molecule has 22 heavy (non-hydrogen) atoms. The van der Waals surface area contributed by atoms with E-state index in [4.69, 9.17) is 4.74 Å². The number of nitrogens with one attached hydrogen (secondary N) is 1. The predicted octanol–water partition coefficient (Wildman–Crippen LogP) is 2.77. The summed E-state index contributed by atoms with van der Waals surface area (Å²) in [7, 11) is -3.48. The second kappa shape index (κ2) is 6.50. The quantitative estimate of drug-likeness (QED) is 0.913. The van der Waals surface area contributed by atoms with E-state index >= 15 is 0 Å². The van der Waals surface area contributed by atoms with Crippen LogP contribution in [0, 0.1) is 0 Å². The van der Waals surface area contributed by atoms with Gasteiger partial charge in [-0.3, -0.25) is 0 Å². The summed E-state index contributed by atoms with van der Waals surface area (Å²) < 4.78 is 33.2. The molecule has 4 nitrogen and oxygen atoms in total. The van der Waals surface area contributed by atoms with Crippen LogP contribution >= 0.6 is 11.3 Å². The highest BCUT2D eigenvalue weighted by Gasteiger charge is 2.36. The third-order valence-electron chi connectivity index (χ3n) is 4.15. The SMILES string of the molecule is O=S(=O)(NCC1(c2cccs2)CCOCC1)c1ccccc1. The van der Waals surface area contributed by atoms with Crippen molar-refractivity contribution in [3.63, 3.8) is 0 Å². The third-order valence-corrected chi connectivity index (χ3v) is 6.68. The molecule has 0 bridgehead atoms. The number of benzene rings is 1. The highest BCUT2D eigenvalue weighted by atomic mass is 32.2. The molecule has 0 amide bonds. The zero-order chi connectivity index (χ0) is 15.5. The van der Waals surface area contributed by atoms with Crippen molar-refractivity contribution in [2.75, 3.05) is 19.8 Å². The summed E-state index contributed by atoms with van der Waals surface area (Å²) in [5.41, 5.74) is -0.158. The average molecular weight is 337 g/mol. The fourth-order valence-electron chi connectivity index (χ4n) is 2.77. The molecule has 2 aromatic rings. The molecule has 0 unspecified atom stereocenters. The summed E-state index contributed by atoms with van der Waals surface area (Å²) in [5, 5.41) is 2.04. The molecule has 0 aliphatic carbocycles. The summed E-state index contributed by atoms with van der Waals surface area (Å²) in [6.07, 6.45) is 1.68. The van der Waals surface area contributed by atoms with Gasteiger partial charge in [-0.2, -0.15) is 0 Å². The lowest BCUT2D eigenvalue weighted by Gasteiger charge is -2.36. The van der Waals surface area contributed by atoms with Gasteiger partial charge in [0.2, 0.25) is 10.0 Å². The van der Waals surface area contributed by atoms with Crippen LogP contribution in [-0.4, -0.2) is 28.2 Å². The van der Waals surface area contributed by atoms with E-state index < -0.39 is 10.0 Å². The van der Waals surface area contributed by atoms with Crippen LogP contribution < -0.4 is 4.72 Å². The van der Waals surface area contributed by atoms with Crippen LogP contribution in [0.4, 0.5) is 0 Å². The Bertz CT molecular complexity index is 690. The van der Waals surface area contributed by atoms with E-state index in [1.54, 1.807) is 35.6 Å². The van der Waals surface area contributed by atoms with Gasteiger partial charge in [-0.05, 0) is 36.4 Å². The van der Waals surface area contributed by atoms with Crippen molar-refractivity contribution >= 4 is 21.4 Å². The second-order valence-corrected chi connectivity index (χ2v) is 8.22. The topological polar surface area (TPSA) is 55.4 Å². The van der Waals surface area contributed by atoms with Crippen molar-refractivity contribution in [3.05, 3.63) is 52.7 Å². The molecule has 0 atom stereocenters. The number of thiophene rings is 1. The minimum atomic E-state index is -3.48. The molecular formula is C16H19NO3S2. The van der Waals surface area contributed by atoms with Gasteiger partial charge in [-0.1, -0.05) is 24.3 Å². The molecule has 1 saturated heterocycles. The molecule has 3 rings (SSSR count). The first-order valence-electron chi connectivity index (χ1n) is 7.29. The number of sulfonamides is 1. The molecule has 0 radical (unpaired) electrons. The smallest absolute Gasteiger partial charge is 0.240 e. The Balaban J connectivity index is 1.80. The Morgan fingerprint density at radius 2 is 1.82 bits per heavy atom. The highest BCUT2D eigenvalue weighted by molar-refractivity contribution is 7.89. The Kier molecular flexibility index (Phi) is 4.63. The van der Waals surface area contributed by atoms with Crippen molar-refractivity contribution in [1.29, 1.82) is 0 Å². The average Bonchev–Trinajstić information content (AvgIpc) is 3.10. The van der Waals surface area contributed by atoms with Gasteiger partial charge in [0.25, 0.3) is 0 Å². The van der Waals surface area contributed by atoms with Crippen molar-refractivity contribution in [3.8, 4) is 0 Å². The summed E-state index contributed by atoms with van der Waals surface area (Å²) in [6, 6.07) is 12.6. The van der Waals surface area contributed by atoms with Gasteiger partial charge in [0.15, 0.2) is 0 Å². The summed E-state index contributed by atoms with van der Waals surface area (Å²) >= 11 is 1.68. The first kappa shape index (κ1) is 15.7. The van der Waals surface area contributed by atoms with Crippen molar-refractivity contribution in [2.45, 2.75) is 23.2 Å². The highest BCUT2D eigenvalue weighted by Crippen LogP contribution is 2.37. The van der Waals surface area contributed by atoms with Crippen molar-refractivity contribution in [2.24, 2.45) is 0 Å². The molecule has 6 heteroatoms. The van der Waals surface area contributed by atoms with Gasteiger partial charge in [0, 0.05) is 30.1 Å². The number of hydrogen-bond acceptors (Lipinski definition) is 4. The largest absolute Gasteiger partial charge is 0.381 e. The summed E-state index contributed by atoms with van der Waals surface area (Å²) in [6.45, 7) is 1.75. The number of rotatable bonds is 5. The van der Waals surface area contributed by atoms with Crippen molar-refractivity contribution in [1.82, 2.24) is 4.72 Å². The first-order valence-corrected chi connectivity index (χ1v) is 9.65. The number of ether oxygens (including phenoxy) is 1. The maximum atomic E-state index is 12.4. The van der Waals surface area contributed by atoms with E-state index in [1.165, 1.54) is 4.88 Å². The molecule has 0 saturated carbocycles. The first-order chi connectivity index (χ1) is 10.6. The molecule has 118 valence electrons. The Morgan fingerprint density at radius 3 is 2.45 bits per heavy atom. The summed E-state index contributed by atoms with van der Waals surface area (Å²) in [4.78, 5) is 1.54. The summed E-state index contributed by atoms with van der Waals surface area (Å²) in [5.74, 6) is 0. The minimum Gasteiger partial charge on any atom is -0.381 e. The molecule has 2 heterocycles. The zero-order valence-electron chi connectivity index (χ0n) is 12.2. The van der Waals surface area contributed by atoms with Crippen LogP contribution in [0.1, 0.15) is 17.7 Å². The van der Waals surface area contributed by atoms with Crippen LogP contribution in [0.2, 0.25) is 0 Å². The predicted molar refractivity (Wildman–Crippen MR) is 87.7 cm³/mol. The van der Waals surface area contributed by atoms with Crippen LogP contribution in [0.5, 0.6) is 0 Å². The Morgan fingerprint density at radius 1 is 1.09 bits per heavy atom. The van der Waals surface area contributed by atoms with E-state index in [2.05, 4.69) is 10.8 Å². The lowest BCUT2D eigenvalue weighted by Crippen LogP contribution is -2.44. The monoisotopic (exact) mass is 337 g/mol. The van der Waals surface area contributed by atoms with Crippen LogP contribution in [0.25, 0.3) is 0 Å². The molecule has 1 aliphatic rings. The van der Waals surface area contributed by atoms with E-state index in [9.17, 15) is 8.42 Å². The van der Waals surface area contributed by atoms with Gasteiger partial charge >= 0.3 is 0 Å². The van der Waals surface area contributed by atoms with E-state index in [0.717, 1.165) is 12.8 Å². The van der Waals surface area contributed by atoms with E-state index in [1.807, 2.05) is 17.5 Å². The fourth-order valence-corrected chi connectivity index (χ4v) is 4.90. The van der Waals surface area contributed by atoms with Crippen LogP contribution in [-0.2, 0) is 20.2 Å². The molecule has 1 fully saturated rings. The van der Waals surface area contributed by atoms with E-state index in [0.29, 0.717) is 24.7 Å². The zero-order valence-corrected chi connectivity index (χ0v) is 13.8. The standard InChI is InChI=1S/C16H19NO3S2/c18-22(19,14-5-2-1-3-6-14)17-13-16(8-10-20-11-9-16)15-7-4-12-21-15/h1-7,12,17H,8-11,13H2. The molecular weight excluding hydrogens is 318 g/mol. The Labute approximate surface area is 135 Å². The molecule has 0 spiro atoms. The molecule has 1 aromatic carbocycles. The van der Waals surface area contributed by atoms with Gasteiger partial charge in [0.05, 0.1) is 4.90 Å².